The van der Waals surface area contributed by atoms with Gasteiger partial charge in [-0.2, -0.15) is 0 Å². The Kier molecular flexibility index (Phi) is 13.1. The smallest absolute Gasteiger partial charge is 0.303 e. The monoisotopic (exact) mass is 280 g/mol. The molecular formula is C17H28O3. The minimum Gasteiger partial charge on any atom is -0.481 e. The van der Waals surface area contributed by atoms with Crippen molar-refractivity contribution in [1.29, 1.82) is 0 Å². The summed E-state index contributed by atoms with van der Waals surface area (Å²) in [4.78, 5) is 10.3. The molecule has 0 radical (unpaired) electrons. The third-order valence-corrected chi connectivity index (χ3v) is 2.88. The van der Waals surface area contributed by atoms with Gasteiger partial charge in [0.05, 0.1) is 6.10 Å². The largest absolute Gasteiger partial charge is 0.481 e. The Bertz CT molecular complexity index is 316. The van der Waals surface area contributed by atoms with Crippen LogP contribution in [0.3, 0.4) is 0 Å². The van der Waals surface area contributed by atoms with Gasteiger partial charge in [0.1, 0.15) is 0 Å². The second-order valence-corrected chi connectivity index (χ2v) is 4.87. The molecule has 3 heteroatoms. The van der Waals surface area contributed by atoms with Gasteiger partial charge in [-0.25, -0.2) is 0 Å². The van der Waals surface area contributed by atoms with Crippen LogP contribution in [0.4, 0.5) is 0 Å². The maximum absolute atomic E-state index is 10.3. The number of hydrogen-bond acceptors (Lipinski definition) is 2. The van der Waals surface area contributed by atoms with Gasteiger partial charge in [-0.05, 0) is 25.7 Å². The van der Waals surface area contributed by atoms with Crippen LogP contribution in [-0.4, -0.2) is 22.3 Å². The molecule has 0 fully saturated rings. The number of aliphatic hydroxyl groups is 1. The lowest BCUT2D eigenvalue weighted by atomic mass is 10.1. The molecule has 1 atom stereocenters. The number of allylic oxidation sites excluding steroid dienone is 5. The van der Waals surface area contributed by atoms with E-state index in [2.05, 4.69) is 6.92 Å². The number of carboxylic acids is 1. The van der Waals surface area contributed by atoms with Gasteiger partial charge in [0, 0.05) is 6.42 Å². The molecule has 114 valence electrons. The van der Waals surface area contributed by atoms with Crippen LogP contribution in [0.25, 0.3) is 0 Å². The normalized spacial score (nSPS) is 13.7. The van der Waals surface area contributed by atoms with Crippen molar-refractivity contribution >= 4 is 5.97 Å². The lowest BCUT2D eigenvalue weighted by Crippen LogP contribution is -2.00. The van der Waals surface area contributed by atoms with Gasteiger partial charge in [0.15, 0.2) is 0 Å². The lowest BCUT2D eigenvalue weighted by molar-refractivity contribution is -0.137. The van der Waals surface area contributed by atoms with Crippen LogP contribution in [0.15, 0.2) is 36.5 Å². The molecule has 2 N–H and O–H groups in total. The Morgan fingerprint density at radius 1 is 1.10 bits per heavy atom. The molecule has 0 aromatic rings. The van der Waals surface area contributed by atoms with Crippen molar-refractivity contribution in [3.05, 3.63) is 36.5 Å². The fourth-order valence-corrected chi connectivity index (χ4v) is 1.71. The van der Waals surface area contributed by atoms with Gasteiger partial charge in [-0.15, -0.1) is 0 Å². The third-order valence-electron chi connectivity index (χ3n) is 2.88. The summed E-state index contributed by atoms with van der Waals surface area (Å²) in [6.45, 7) is 2.15. The molecule has 0 heterocycles. The number of aliphatic carboxylic acids is 1. The Hall–Kier alpha value is -1.35. The summed E-state index contributed by atoms with van der Waals surface area (Å²) in [5.41, 5.74) is 0. The van der Waals surface area contributed by atoms with Gasteiger partial charge < -0.3 is 10.2 Å². The first-order valence-corrected chi connectivity index (χ1v) is 7.55. The van der Waals surface area contributed by atoms with Crippen molar-refractivity contribution in [2.75, 3.05) is 0 Å². The Morgan fingerprint density at radius 2 is 1.90 bits per heavy atom. The molecule has 0 bridgehead atoms. The molecule has 0 aliphatic heterocycles. The van der Waals surface area contributed by atoms with E-state index in [9.17, 15) is 9.90 Å². The Labute approximate surface area is 122 Å². The number of hydrogen-bond donors (Lipinski definition) is 2. The molecule has 0 unspecified atom stereocenters. The van der Waals surface area contributed by atoms with E-state index < -0.39 is 5.97 Å². The highest BCUT2D eigenvalue weighted by Crippen LogP contribution is 2.04. The average molecular weight is 280 g/mol. The van der Waals surface area contributed by atoms with Crippen molar-refractivity contribution in [3.63, 3.8) is 0 Å². The van der Waals surface area contributed by atoms with E-state index >= 15 is 0 Å². The predicted molar refractivity (Wildman–Crippen MR) is 83.7 cm³/mol. The summed E-state index contributed by atoms with van der Waals surface area (Å²) in [6, 6.07) is 0. The molecule has 20 heavy (non-hydrogen) atoms. The van der Waals surface area contributed by atoms with Crippen LogP contribution in [0.2, 0.25) is 0 Å². The zero-order chi connectivity index (χ0) is 15.1. The molecule has 0 aromatic carbocycles. The van der Waals surface area contributed by atoms with Gasteiger partial charge in [0.25, 0.3) is 0 Å². The topological polar surface area (TPSA) is 57.5 Å². The van der Waals surface area contributed by atoms with E-state index in [4.69, 9.17) is 5.11 Å². The Balaban J connectivity index is 3.54. The van der Waals surface area contributed by atoms with Crippen LogP contribution < -0.4 is 0 Å². The van der Waals surface area contributed by atoms with Crippen LogP contribution >= 0.6 is 0 Å². The van der Waals surface area contributed by atoms with E-state index in [1.54, 1.807) is 0 Å². The molecular weight excluding hydrogens is 252 g/mol. The first kappa shape index (κ1) is 18.7. The average Bonchev–Trinajstić information content (AvgIpc) is 2.41. The van der Waals surface area contributed by atoms with Gasteiger partial charge in [-0.3, -0.25) is 4.79 Å². The zero-order valence-corrected chi connectivity index (χ0v) is 12.5. The number of aliphatic hydroxyl groups excluding tert-OH is 1. The lowest BCUT2D eigenvalue weighted by Gasteiger charge is -2.02. The molecule has 0 amide bonds. The number of rotatable bonds is 12. The first-order valence-electron chi connectivity index (χ1n) is 7.55. The fraction of sp³-hybridized carbons (Fsp3) is 0.588. The van der Waals surface area contributed by atoms with Crippen LogP contribution in [0.1, 0.15) is 58.3 Å². The molecule has 0 aliphatic rings. The Morgan fingerprint density at radius 3 is 2.60 bits per heavy atom. The molecule has 0 aromatic heterocycles. The summed E-state index contributed by atoms with van der Waals surface area (Å²) in [5.74, 6) is -0.735. The molecule has 0 rings (SSSR count). The summed E-state index contributed by atoms with van der Waals surface area (Å²) in [6.07, 6.45) is 18.2. The van der Waals surface area contributed by atoms with Crippen LogP contribution in [0.5, 0.6) is 0 Å². The fourth-order valence-electron chi connectivity index (χ4n) is 1.71. The molecule has 0 saturated carbocycles. The second-order valence-electron chi connectivity index (χ2n) is 4.87. The van der Waals surface area contributed by atoms with Gasteiger partial charge in [0.2, 0.25) is 0 Å². The van der Waals surface area contributed by atoms with Crippen LogP contribution in [-0.2, 0) is 4.79 Å². The van der Waals surface area contributed by atoms with Crippen molar-refractivity contribution in [1.82, 2.24) is 0 Å². The molecule has 3 nitrogen and oxygen atoms in total. The van der Waals surface area contributed by atoms with E-state index in [1.807, 2.05) is 36.5 Å². The number of unbranched alkanes of at least 4 members (excludes halogenated alkanes) is 3. The van der Waals surface area contributed by atoms with Gasteiger partial charge in [-0.1, -0.05) is 62.6 Å². The maximum Gasteiger partial charge on any atom is 0.303 e. The zero-order valence-electron chi connectivity index (χ0n) is 12.5. The minimum absolute atomic E-state index is 0.235. The predicted octanol–water partition coefficient (Wildman–Crippen LogP) is 4.24. The van der Waals surface area contributed by atoms with E-state index in [-0.39, 0.29) is 12.5 Å². The van der Waals surface area contributed by atoms with Crippen molar-refractivity contribution in [2.45, 2.75) is 64.4 Å². The van der Waals surface area contributed by atoms with Gasteiger partial charge >= 0.3 is 5.97 Å². The maximum atomic E-state index is 10.3. The van der Waals surface area contributed by atoms with Crippen LogP contribution in [0, 0.1) is 0 Å². The summed E-state index contributed by atoms with van der Waals surface area (Å²) < 4.78 is 0. The summed E-state index contributed by atoms with van der Waals surface area (Å²) >= 11 is 0. The van der Waals surface area contributed by atoms with E-state index in [0.29, 0.717) is 6.42 Å². The highest BCUT2D eigenvalue weighted by atomic mass is 16.4. The van der Waals surface area contributed by atoms with E-state index in [1.165, 1.54) is 12.8 Å². The van der Waals surface area contributed by atoms with Crippen molar-refractivity contribution in [2.24, 2.45) is 0 Å². The quantitative estimate of drug-likeness (QED) is 0.319. The standard InChI is InChI=1S/C17H28O3/c1-2-3-10-13-16(18)14-11-8-6-4-5-7-9-12-15-17(19)20/h5-8,11,14,16,18H,2-4,9-10,12-13,15H2,1H3,(H,19,20)/b7-5-,8-6+,14-11+/t16-/m1/s1. The summed E-state index contributed by atoms with van der Waals surface area (Å²) in [5, 5.41) is 18.1. The second kappa shape index (κ2) is 14.1. The third kappa shape index (κ3) is 14.7. The first-order chi connectivity index (χ1) is 9.66. The van der Waals surface area contributed by atoms with E-state index in [0.717, 1.165) is 25.7 Å². The molecule has 0 saturated heterocycles. The number of carbonyl (C=O) groups is 1. The minimum atomic E-state index is -0.735. The highest BCUT2D eigenvalue weighted by molar-refractivity contribution is 5.66. The van der Waals surface area contributed by atoms with Crippen molar-refractivity contribution < 1.29 is 15.0 Å². The molecule has 0 spiro atoms. The number of carboxylic acid groups (broad SMARTS) is 1. The highest BCUT2D eigenvalue weighted by Gasteiger charge is 1.96. The summed E-state index contributed by atoms with van der Waals surface area (Å²) in [7, 11) is 0. The SMILES string of the molecule is CCCCC[C@@H](O)/C=C/C=C/C/C=C\CCCC(=O)O. The molecule has 0 aliphatic carbocycles. The van der Waals surface area contributed by atoms with Crippen molar-refractivity contribution in [3.8, 4) is 0 Å².